The largest absolute Gasteiger partial charge is 0.365 e. The molecule has 2 rings (SSSR count). The van der Waals surface area contributed by atoms with E-state index in [4.69, 9.17) is 23.2 Å². The van der Waals surface area contributed by atoms with Gasteiger partial charge in [-0.25, -0.2) is 0 Å². The van der Waals surface area contributed by atoms with E-state index in [1.807, 2.05) is 18.2 Å². The van der Waals surface area contributed by atoms with Gasteiger partial charge in [0.25, 0.3) is 0 Å². The first-order valence-corrected chi connectivity index (χ1v) is 7.49. The van der Waals surface area contributed by atoms with Crippen molar-refractivity contribution in [2.45, 2.75) is 39.8 Å². The molecule has 0 amide bonds. The Morgan fingerprint density at radius 1 is 1.26 bits per heavy atom. The van der Waals surface area contributed by atoms with Crippen LogP contribution in [0.5, 0.6) is 0 Å². The molecule has 2 atom stereocenters. The fraction of sp³-hybridized carbons (Fsp3) is 0.600. The maximum Gasteiger partial charge on any atom is 0.0654 e. The van der Waals surface area contributed by atoms with Crippen LogP contribution in [-0.2, 0) is 0 Å². The van der Waals surface area contributed by atoms with Crippen LogP contribution in [0.15, 0.2) is 18.2 Å². The van der Waals surface area contributed by atoms with Gasteiger partial charge in [0.05, 0.1) is 10.7 Å². The van der Waals surface area contributed by atoms with Crippen LogP contribution in [0.2, 0.25) is 10.0 Å². The average Bonchev–Trinajstić information content (AvgIpc) is 2.29. The lowest BCUT2D eigenvalue weighted by Crippen LogP contribution is -2.59. The Hall–Kier alpha value is -0.440. The molecule has 1 N–H and O–H groups in total. The first kappa shape index (κ1) is 15.0. The highest BCUT2D eigenvalue weighted by molar-refractivity contribution is 6.36. The summed E-state index contributed by atoms with van der Waals surface area (Å²) < 4.78 is 0. The quantitative estimate of drug-likeness (QED) is 0.836. The third-order valence-corrected chi connectivity index (χ3v) is 4.37. The van der Waals surface area contributed by atoms with E-state index in [0.717, 1.165) is 23.8 Å². The molecule has 1 heterocycles. The second-order valence-corrected chi connectivity index (χ2v) is 7.27. The van der Waals surface area contributed by atoms with Crippen LogP contribution in [0.3, 0.4) is 0 Å². The summed E-state index contributed by atoms with van der Waals surface area (Å²) in [7, 11) is 0. The van der Waals surface area contributed by atoms with Gasteiger partial charge in [0.2, 0.25) is 0 Å². The summed E-state index contributed by atoms with van der Waals surface area (Å²) in [6, 6.07) is 6.63. The molecule has 0 bridgehead atoms. The Morgan fingerprint density at radius 3 is 2.53 bits per heavy atom. The van der Waals surface area contributed by atoms with Crippen molar-refractivity contribution in [3.8, 4) is 0 Å². The summed E-state index contributed by atoms with van der Waals surface area (Å²) >= 11 is 12.3. The van der Waals surface area contributed by atoms with Crippen LogP contribution in [0.25, 0.3) is 0 Å². The lowest BCUT2D eigenvalue weighted by atomic mass is 9.84. The van der Waals surface area contributed by atoms with E-state index in [1.54, 1.807) is 0 Å². The highest BCUT2D eigenvalue weighted by Gasteiger charge is 2.33. The normalized spacial score (nSPS) is 24.6. The number of rotatable bonds is 1. The van der Waals surface area contributed by atoms with Crippen LogP contribution in [-0.4, -0.2) is 25.2 Å². The maximum atomic E-state index is 6.34. The monoisotopic (exact) mass is 300 g/mol. The number of benzene rings is 1. The summed E-state index contributed by atoms with van der Waals surface area (Å²) in [5.41, 5.74) is 1.31. The van der Waals surface area contributed by atoms with Crippen LogP contribution in [0, 0.1) is 5.41 Å². The van der Waals surface area contributed by atoms with Gasteiger partial charge in [0.15, 0.2) is 0 Å². The minimum Gasteiger partial charge on any atom is -0.365 e. The molecule has 1 fully saturated rings. The highest BCUT2D eigenvalue weighted by atomic mass is 35.5. The van der Waals surface area contributed by atoms with Crippen molar-refractivity contribution in [3.05, 3.63) is 28.2 Å². The van der Waals surface area contributed by atoms with Crippen LogP contribution >= 0.6 is 23.2 Å². The Morgan fingerprint density at radius 2 is 1.95 bits per heavy atom. The number of nitrogens with one attached hydrogen (secondary N) is 1. The van der Waals surface area contributed by atoms with Crippen molar-refractivity contribution in [3.63, 3.8) is 0 Å². The zero-order valence-electron chi connectivity index (χ0n) is 12.0. The standard InChI is InChI=1S/C15H22Cl2N2/c1-10-8-18-14(15(2,3)4)9-19(10)13-6-5-11(16)7-12(13)17/h5-7,10,14,18H,8-9H2,1-4H3. The molecule has 0 saturated carbocycles. The van der Waals surface area contributed by atoms with Gasteiger partial charge in [-0.1, -0.05) is 44.0 Å². The van der Waals surface area contributed by atoms with Gasteiger partial charge in [-0.2, -0.15) is 0 Å². The van der Waals surface area contributed by atoms with Crippen LogP contribution < -0.4 is 10.2 Å². The van der Waals surface area contributed by atoms with E-state index < -0.39 is 0 Å². The molecule has 1 aliphatic rings. The number of anilines is 1. The fourth-order valence-corrected chi connectivity index (χ4v) is 3.01. The minimum absolute atomic E-state index is 0.233. The van der Waals surface area contributed by atoms with Crippen LogP contribution in [0.4, 0.5) is 5.69 Å². The molecule has 4 heteroatoms. The van der Waals surface area contributed by atoms with Crippen molar-refractivity contribution in [2.75, 3.05) is 18.0 Å². The first-order chi connectivity index (χ1) is 8.79. The number of hydrogen-bond donors (Lipinski definition) is 1. The average molecular weight is 301 g/mol. The smallest absolute Gasteiger partial charge is 0.0654 e. The fourth-order valence-electron chi connectivity index (χ4n) is 2.49. The highest BCUT2D eigenvalue weighted by Crippen LogP contribution is 2.33. The van der Waals surface area contributed by atoms with Crippen molar-refractivity contribution in [1.29, 1.82) is 0 Å². The predicted octanol–water partition coefficient (Wildman–Crippen LogP) is 4.21. The first-order valence-electron chi connectivity index (χ1n) is 6.74. The molecule has 0 radical (unpaired) electrons. The Kier molecular flexibility index (Phi) is 4.34. The number of hydrogen-bond acceptors (Lipinski definition) is 2. The second kappa shape index (κ2) is 5.51. The van der Waals surface area contributed by atoms with E-state index >= 15 is 0 Å². The number of halogens is 2. The zero-order valence-corrected chi connectivity index (χ0v) is 13.5. The molecule has 2 unspecified atom stereocenters. The third-order valence-electron chi connectivity index (χ3n) is 3.84. The van der Waals surface area contributed by atoms with Gasteiger partial charge in [-0.05, 0) is 30.5 Å². The molecule has 1 aromatic carbocycles. The van der Waals surface area contributed by atoms with Crippen LogP contribution in [0.1, 0.15) is 27.7 Å². The molecule has 1 aromatic rings. The van der Waals surface area contributed by atoms with E-state index in [-0.39, 0.29) is 5.41 Å². The number of piperazine rings is 1. The van der Waals surface area contributed by atoms with Gasteiger partial charge < -0.3 is 10.2 Å². The molecule has 1 aliphatic heterocycles. The molecule has 106 valence electrons. The Labute approximate surface area is 126 Å². The third kappa shape index (κ3) is 3.36. The predicted molar refractivity (Wildman–Crippen MR) is 84.5 cm³/mol. The molecular formula is C15H22Cl2N2. The SMILES string of the molecule is CC1CNC(C(C)(C)C)CN1c1ccc(Cl)cc1Cl. The van der Waals surface area contributed by atoms with Crippen molar-refractivity contribution in [1.82, 2.24) is 5.32 Å². The molecule has 0 spiro atoms. The Bertz CT molecular complexity index is 454. The molecule has 2 nitrogen and oxygen atoms in total. The van der Waals surface area contributed by atoms with E-state index in [1.165, 1.54) is 0 Å². The van der Waals surface area contributed by atoms with E-state index in [9.17, 15) is 0 Å². The summed E-state index contributed by atoms with van der Waals surface area (Å²) in [6.07, 6.45) is 0. The van der Waals surface area contributed by atoms with Crippen molar-refractivity contribution in [2.24, 2.45) is 5.41 Å². The summed E-state index contributed by atoms with van der Waals surface area (Å²) in [5.74, 6) is 0. The van der Waals surface area contributed by atoms with Gasteiger partial charge in [-0.15, -0.1) is 0 Å². The van der Waals surface area contributed by atoms with Crippen molar-refractivity contribution >= 4 is 28.9 Å². The second-order valence-electron chi connectivity index (χ2n) is 6.42. The lowest BCUT2D eigenvalue weighted by molar-refractivity contribution is 0.239. The molecule has 1 saturated heterocycles. The topological polar surface area (TPSA) is 15.3 Å². The van der Waals surface area contributed by atoms with Gasteiger partial charge in [0, 0.05) is 30.2 Å². The van der Waals surface area contributed by atoms with E-state index in [0.29, 0.717) is 17.1 Å². The molecular weight excluding hydrogens is 279 g/mol. The van der Waals surface area contributed by atoms with E-state index in [2.05, 4.69) is 37.9 Å². The number of nitrogens with zero attached hydrogens (tertiary/aromatic N) is 1. The molecule has 0 aliphatic carbocycles. The van der Waals surface area contributed by atoms with Gasteiger partial charge in [-0.3, -0.25) is 0 Å². The summed E-state index contributed by atoms with van der Waals surface area (Å²) in [4.78, 5) is 2.38. The molecule has 0 aromatic heterocycles. The summed E-state index contributed by atoms with van der Waals surface area (Å²) in [5, 5.41) is 5.04. The van der Waals surface area contributed by atoms with Gasteiger partial charge >= 0.3 is 0 Å². The zero-order chi connectivity index (χ0) is 14.2. The maximum absolute atomic E-state index is 6.34. The van der Waals surface area contributed by atoms with Crippen molar-refractivity contribution < 1.29 is 0 Å². The molecule has 19 heavy (non-hydrogen) atoms. The Balaban J connectivity index is 2.26. The minimum atomic E-state index is 0.233. The van der Waals surface area contributed by atoms with Gasteiger partial charge in [0.1, 0.15) is 0 Å². The summed E-state index contributed by atoms with van der Waals surface area (Å²) in [6.45, 7) is 11.0. The lowest BCUT2D eigenvalue weighted by Gasteiger charge is -2.45.